The van der Waals surface area contributed by atoms with Gasteiger partial charge in [0.25, 0.3) is 0 Å². The first-order valence-corrected chi connectivity index (χ1v) is 8.62. The fraction of sp³-hybridized carbons (Fsp3) is 0.231. The number of cyclic esters (lactones) is 1. The lowest BCUT2D eigenvalue weighted by Gasteiger charge is -2.13. The minimum atomic E-state index is -0.671. The summed E-state index contributed by atoms with van der Waals surface area (Å²) >= 11 is 2.27. The highest BCUT2D eigenvalue weighted by Gasteiger charge is 2.32. The monoisotopic (exact) mass is 369 g/mol. The zero-order valence-electron chi connectivity index (χ0n) is 12.1. The first-order chi connectivity index (χ1) is 11.5. The molecule has 126 valence electrons. The summed E-state index contributed by atoms with van der Waals surface area (Å²) in [5.41, 5.74) is 7.19. The molecule has 1 aliphatic rings. The van der Waals surface area contributed by atoms with E-state index in [0.717, 1.165) is 11.9 Å². The van der Waals surface area contributed by atoms with Crippen LogP contribution in [-0.4, -0.2) is 40.7 Å². The number of benzene rings is 1. The number of ether oxygens (including phenoxy) is 1. The Balaban J connectivity index is 1.69. The Labute approximate surface area is 144 Å². The molecule has 11 heteroatoms. The number of urea groups is 1. The normalized spacial score (nSPS) is 17.0. The number of halogens is 1. The van der Waals surface area contributed by atoms with E-state index in [2.05, 4.69) is 14.9 Å². The number of nitrogens with zero attached hydrogens (tertiary/aromatic N) is 3. The van der Waals surface area contributed by atoms with Crippen LogP contribution >= 0.6 is 23.3 Å². The number of aromatic nitrogens is 2. The number of rotatable bonds is 5. The van der Waals surface area contributed by atoms with Gasteiger partial charge in [0.15, 0.2) is 0 Å². The summed E-state index contributed by atoms with van der Waals surface area (Å²) in [6.07, 6.45) is -0.997. The number of amides is 3. The maximum Gasteiger partial charge on any atom is 0.414 e. The van der Waals surface area contributed by atoms with E-state index in [-0.39, 0.29) is 6.54 Å². The fourth-order valence-electron chi connectivity index (χ4n) is 2.16. The predicted octanol–water partition coefficient (Wildman–Crippen LogP) is 1.99. The van der Waals surface area contributed by atoms with Gasteiger partial charge in [0.05, 0.1) is 18.0 Å². The first kappa shape index (κ1) is 16.5. The Morgan fingerprint density at radius 2 is 2.42 bits per heavy atom. The molecule has 1 atom stereocenters. The van der Waals surface area contributed by atoms with Gasteiger partial charge in [-0.25, -0.2) is 14.0 Å². The molecule has 1 aromatic carbocycles. The zero-order chi connectivity index (χ0) is 17.1. The third-order valence-electron chi connectivity index (χ3n) is 3.17. The van der Waals surface area contributed by atoms with Crippen LogP contribution in [0.1, 0.15) is 0 Å². The number of nitrogens with two attached hydrogens (primary N) is 1. The number of carbonyl (C=O) groups excluding carboxylic acids is 2. The Morgan fingerprint density at radius 1 is 1.58 bits per heavy atom. The first-order valence-electron chi connectivity index (χ1n) is 6.76. The van der Waals surface area contributed by atoms with Gasteiger partial charge in [-0.1, -0.05) is 11.3 Å². The van der Waals surface area contributed by atoms with Crippen molar-refractivity contribution in [1.29, 1.82) is 0 Å². The van der Waals surface area contributed by atoms with Crippen molar-refractivity contribution in [3.63, 3.8) is 0 Å². The van der Waals surface area contributed by atoms with Crippen molar-refractivity contribution >= 4 is 41.1 Å². The van der Waals surface area contributed by atoms with Crippen LogP contribution in [0.15, 0.2) is 23.7 Å². The van der Waals surface area contributed by atoms with E-state index in [1.54, 1.807) is 12.1 Å². The SMILES string of the molecule is NC(=O)NSCC1CN(c2ccc(-c3nncs3)c(F)c2)C(=O)O1. The van der Waals surface area contributed by atoms with Crippen LogP contribution in [0.5, 0.6) is 0 Å². The number of anilines is 1. The van der Waals surface area contributed by atoms with Crippen molar-refractivity contribution in [2.24, 2.45) is 5.73 Å². The van der Waals surface area contributed by atoms with E-state index in [1.807, 2.05) is 0 Å². The zero-order valence-corrected chi connectivity index (χ0v) is 13.8. The molecule has 1 aliphatic heterocycles. The van der Waals surface area contributed by atoms with E-state index in [4.69, 9.17) is 10.5 Å². The smallest absolute Gasteiger partial charge is 0.414 e. The molecule has 1 unspecified atom stereocenters. The van der Waals surface area contributed by atoms with Crippen LogP contribution in [-0.2, 0) is 4.74 Å². The molecule has 0 saturated carbocycles. The molecule has 0 spiro atoms. The van der Waals surface area contributed by atoms with Crippen LogP contribution in [0.2, 0.25) is 0 Å². The predicted molar refractivity (Wildman–Crippen MR) is 88.1 cm³/mol. The van der Waals surface area contributed by atoms with Gasteiger partial charge in [-0.2, -0.15) is 0 Å². The molecule has 2 heterocycles. The largest absolute Gasteiger partial charge is 0.443 e. The lowest BCUT2D eigenvalue weighted by molar-refractivity contribution is 0.151. The van der Waals surface area contributed by atoms with Crippen molar-refractivity contribution in [1.82, 2.24) is 14.9 Å². The third-order valence-corrected chi connectivity index (χ3v) is 4.78. The molecule has 3 N–H and O–H groups in total. The summed E-state index contributed by atoms with van der Waals surface area (Å²) in [5.74, 6) is -0.151. The Morgan fingerprint density at radius 3 is 3.08 bits per heavy atom. The van der Waals surface area contributed by atoms with Crippen molar-refractivity contribution in [3.05, 3.63) is 29.5 Å². The summed E-state index contributed by atoms with van der Waals surface area (Å²) in [6, 6.07) is 3.76. The highest BCUT2D eigenvalue weighted by molar-refractivity contribution is 7.97. The number of carbonyl (C=O) groups is 2. The van der Waals surface area contributed by atoms with Crippen molar-refractivity contribution in [2.45, 2.75) is 6.10 Å². The van der Waals surface area contributed by atoms with Crippen LogP contribution in [0.3, 0.4) is 0 Å². The summed E-state index contributed by atoms with van der Waals surface area (Å²) in [4.78, 5) is 23.9. The Hall–Kier alpha value is -2.40. The molecule has 3 rings (SSSR count). The average molecular weight is 369 g/mol. The van der Waals surface area contributed by atoms with Crippen molar-refractivity contribution < 1.29 is 18.7 Å². The minimum absolute atomic E-state index is 0.254. The summed E-state index contributed by atoms with van der Waals surface area (Å²) in [5, 5.41) is 7.97. The molecule has 0 aliphatic carbocycles. The molecule has 1 aromatic heterocycles. The Kier molecular flexibility index (Phi) is 4.81. The Bertz CT molecular complexity index is 758. The molecule has 1 fully saturated rings. The van der Waals surface area contributed by atoms with Gasteiger partial charge in [0.2, 0.25) is 0 Å². The lowest BCUT2D eigenvalue weighted by atomic mass is 10.2. The van der Waals surface area contributed by atoms with Crippen molar-refractivity contribution in [3.8, 4) is 10.6 Å². The second-order valence-corrected chi connectivity index (χ2v) is 6.46. The van der Waals surface area contributed by atoms with E-state index in [1.165, 1.54) is 27.8 Å². The quantitative estimate of drug-likeness (QED) is 0.780. The third kappa shape index (κ3) is 3.57. The molecular weight excluding hydrogens is 357 g/mol. The number of hydrogen-bond donors (Lipinski definition) is 2. The highest BCUT2D eigenvalue weighted by Crippen LogP contribution is 2.29. The van der Waals surface area contributed by atoms with Crippen molar-refractivity contribution in [2.75, 3.05) is 17.2 Å². The molecule has 0 bridgehead atoms. The maximum atomic E-state index is 14.3. The molecule has 2 aromatic rings. The molecule has 8 nitrogen and oxygen atoms in total. The lowest BCUT2D eigenvalue weighted by Crippen LogP contribution is -2.27. The number of primary amides is 1. The number of hydrogen-bond acceptors (Lipinski definition) is 7. The van der Waals surface area contributed by atoms with Crippen LogP contribution in [0, 0.1) is 5.82 Å². The van der Waals surface area contributed by atoms with Gasteiger partial charge in [0.1, 0.15) is 22.4 Å². The van der Waals surface area contributed by atoms with Gasteiger partial charge >= 0.3 is 12.1 Å². The maximum absolute atomic E-state index is 14.3. The van der Waals surface area contributed by atoms with E-state index < -0.39 is 24.0 Å². The summed E-state index contributed by atoms with van der Waals surface area (Å²) < 4.78 is 21.8. The average Bonchev–Trinajstić information content (AvgIpc) is 3.16. The van der Waals surface area contributed by atoms with Gasteiger partial charge in [-0.05, 0) is 30.1 Å². The molecular formula is C13H12FN5O3S2. The molecule has 24 heavy (non-hydrogen) atoms. The standard InChI is InChI=1S/C13H12FN5O3S2/c14-10-3-7(1-2-9(10)11-17-16-6-23-11)19-4-8(22-13(19)21)5-24-18-12(15)20/h1-3,6,8H,4-5H2,(H3,15,18,20). The molecule has 3 amide bonds. The summed E-state index contributed by atoms with van der Waals surface area (Å²) in [7, 11) is 0. The van der Waals surface area contributed by atoms with Crippen LogP contribution < -0.4 is 15.4 Å². The van der Waals surface area contributed by atoms with E-state index in [9.17, 15) is 14.0 Å². The van der Waals surface area contributed by atoms with Crippen LogP contribution in [0.25, 0.3) is 10.6 Å². The summed E-state index contributed by atoms with van der Waals surface area (Å²) in [6.45, 7) is 0.254. The topological polar surface area (TPSA) is 110 Å². The fourth-order valence-corrected chi connectivity index (χ4v) is 3.33. The molecule has 0 radical (unpaired) electrons. The minimum Gasteiger partial charge on any atom is -0.443 e. The van der Waals surface area contributed by atoms with E-state index in [0.29, 0.717) is 22.0 Å². The van der Waals surface area contributed by atoms with Gasteiger partial charge < -0.3 is 10.5 Å². The second-order valence-electron chi connectivity index (χ2n) is 4.80. The van der Waals surface area contributed by atoms with Crippen LogP contribution in [0.4, 0.5) is 19.7 Å². The second kappa shape index (κ2) is 7.01. The highest BCUT2D eigenvalue weighted by atomic mass is 32.2. The molecule has 1 saturated heterocycles. The van der Waals surface area contributed by atoms with Gasteiger partial charge in [-0.15, -0.1) is 10.2 Å². The van der Waals surface area contributed by atoms with E-state index >= 15 is 0 Å². The number of nitrogens with one attached hydrogen (secondary N) is 1. The van der Waals surface area contributed by atoms with Gasteiger partial charge in [-0.3, -0.25) is 9.62 Å². The van der Waals surface area contributed by atoms with Gasteiger partial charge in [0, 0.05) is 5.56 Å².